The van der Waals surface area contributed by atoms with Crippen LogP contribution < -0.4 is 5.32 Å². The number of rotatable bonds is 4. The molecule has 0 aliphatic carbocycles. The van der Waals surface area contributed by atoms with Crippen LogP contribution in [0.1, 0.15) is 22.8 Å². The highest BCUT2D eigenvalue weighted by molar-refractivity contribution is 5.94. The number of nitro groups is 1. The molecule has 1 rings (SSSR count). The Balaban J connectivity index is 2.90. The zero-order chi connectivity index (χ0) is 13.0. The maximum Gasteiger partial charge on any atom is 0.272 e. The average molecular weight is 238 g/mol. The quantitative estimate of drug-likeness (QED) is 0.605. The molecule has 0 spiro atoms. The predicted octanol–water partition coefficient (Wildman–Crippen LogP) is 1.01. The number of carbonyl (C=O) groups is 1. The average Bonchev–Trinajstić information content (AvgIpc) is 2.28. The lowest BCUT2D eigenvalue weighted by Gasteiger charge is -2.10. The van der Waals surface area contributed by atoms with Gasteiger partial charge in [0.25, 0.3) is 11.6 Å². The number of amides is 1. The van der Waals surface area contributed by atoms with Crippen molar-refractivity contribution in [3.8, 4) is 0 Å². The van der Waals surface area contributed by atoms with Crippen molar-refractivity contribution >= 4 is 11.6 Å². The van der Waals surface area contributed by atoms with E-state index in [0.717, 1.165) is 0 Å². The predicted molar refractivity (Wildman–Crippen MR) is 61.8 cm³/mol. The third-order valence-corrected chi connectivity index (χ3v) is 2.31. The molecule has 0 bridgehead atoms. The molecule has 2 N–H and O–H groups in total. The number of carbonyl (C=O) groups excluding carboxylic acids is 1. The van der Waals surface area contributed by atoms with Gasteiger partial charge in [0.15, 0.2) is 0 Å². The minimum absolute atomic E-state index is 0.0169. The molecule has 0 aromatic heterocycles. The molecule has 6 heteroatoms. The van der Waals surface area contributed by atoms with Gasteiger partial charge >= 0.3 is 0 Å². The Morgan fingerprint density at radius 1 is 1.59 bits per heavy atom. The van der Waals surface area contributed by atoms with Crippen molar-refractivity contribution in [2.24, 2.45) is 0 Å². The zero-order valence-electron chi connectivity index (χ0n) is 9.64. The minimum Gasteiger partial charge on any atom is -0.394 e. The van der Waals surface area contributed by atoms with Crippen molar-refractivity contribution in [3.63, 3.8) is 0 Å². The Kier molecular flexibility index (Phi) is 4.17. The number of benzene rings is 1. The molecule has 0 unspecified atom stereocenters. The van der Waals surface area contributed by atoms with Crippen molar-refractivity contribution in [2.75, 3.05) is 6.61 Å². The molecule has 1 aromatic carbocycles. The summed E-state index contributed by atoms with van der Waals surface area (Å²) in [5, 5.41) is 22.0. The molecule has 92 valence electrons. The summed E-state index contributed by atoms with van der Waals surface area (Å²) in [5.41, 5.74) is 0.754. The summed E-state index contributed by atoms with van der Waals surface area (Å²) in [4.78, 5) is 21.8. The molecule has 0 aliphatic heterocycles. The number of aliphatic hydroxyl groups excluding tert-OH is 1. The Bertz CT molecular complexity index is 445. The van der Waals surface area contributed by atoms with Crippen LogP contribution in [0.3, 0.4) is 0 Å². The molecule has 17 heavy (non-hydrogen) atoms. The fourth-order valence-electron chi connectivity index (χ4n) is 1.35. The lowest BCUT2D eigenvalue weighted by atomic mass is 10.1. The SMILES string of the molecule is Cc1cc(C(=O)N[C@H](C)CO)ccc1[N+](=O)[O-]. The van der Waals surface area contributed by atoms with Crippen LogP contribution in [-0.4, -0.2) is 28.6 Å². The van der Waals surface area contributed by atoms with E-state index in [2.05, 4.69) is 5.32 Å². The van der Waals surface area contributed by atoms with Gasteiger partial charge in [-0.3, -0.25) is 14.9 Å². The zero-order valence-corrected chi connectivity index (χ0v) is 9.64. The first-order chi connectivity index (χ1) is 7.95. The van der Waals surface area contributed by atoms with Gasteiger partial charge in [-0.1, -0.05) is 0 Å². The smallest absolute Gasteiger partial charge is 0.272 e. The van der Waals surface area contributed by atoms with E-state index in [4.69, 9.17) is 5.11 Å². The van der Waals surface area contributed by atoms with E-state index in [1.165, 1.54) is 18.2 Å². The summed E-state index contributed by atoms with van der Waals surface area (Å²) in [7, 11) is 0. The second kappa shape index (κ2) is 5.40. The van der Waals surface area contributed by atoms with Crippen molar-refractivity contribution in [3.05, 3.63) is 39.4 Å². The van der Waals surface area contributed by atoms with E-state index in [-0.39, 0.29) is 24.2 Å². The second-order valence-electron chi connectivity index (χ2n) is 3.82. The Morgan fingerprint density at radius 3 is 2.71 bits per heavy atom. The number of hydrogen-bond acceptors (Lipinski definition) is 4. The standard InChI is InChI=1S/C11H14N2O4/c1-7-5-9(3-4-10(7)13(16)17)11(15)12-8(2)6-14/h3-5,8,14H,6H2,1-2H3,(H,12,15)/t8-/m1/s1. The van der Waals surface area contributed by atoms with Gasteiger partial charge in [-0.05, 0) is 26.0 Å². The lowest BCUT2D eigenvalue weighted by Crippen LogP contribution is -2.35. The molecule has 1 aromatic rings. The Hall–Kier alpha value is -1.95. The number of nitrogens with zero attached hydrogens (tertiary/aromatic N) is 1. The van der Waals surface area contributed by atoms with E-state index in [9.17, 15) is 14.9 Å². The van der Waals surface area contributed by atoms with Gasteiger partial charge in [-0.15, -0.1) is 0 Å². The normalized spacial score (nSPS) is 11.9. The van der Waals surface area contributed by atoms with E-state index < -0.39 is 4.92 Å². The van der Waals surface area contributed by atoms with Crippen molar-refractivity contribution in [1.82, 2.24) is 5.32 Å². The first kappa shape index (κ1) is 13.1. The molecule has 0 radical (unpaired) electrons. The van der Waals surface area contributed by atoms with Gasteiger partial charge in [0.1, 0.15) is 0 Å². The number of hydrogen-bond donors (Lipinski definition) is 2. The maximum atomic E-state index is 11.7. The molecule has 0 aliphatic rings. The number of aliphatic hydroxyl groups is 1. The molecular weight excluding hydrogens is 224 g/mol. The van der Waals surface area contributed by atoms with Gasteiger partial charge in [0, 0.05) is 23.2 Å². The van der Waals surface area contributed by atoms with Crippen molar-refractivity contribution in [1.29, 1.82) is 0 Å². The van der Waals surface area contributed by atoms with E-state index in [1.54, 1.807) is 13.8 Å². The summed E-state index contributed by atoms with van der Waals surface area (Å²) >= 11 is 0. The van der Waals surface area contributed by atoms with Crippen LogP contribution in [-0.2, 0) is 0 Å². The summed E-state index contributed by atoms with van der Waals surface area (Å²) in [6.45, 7) is 3.08. The van der Waals surface area contributed by atoms with Gasteiger partial charge in [-0.2, -0.15) is 0 Å². The number of aryl methyl sites for hydroxylation is 1. The first-order valence-corrected chi connectivity index (χ1v) is 5.12. The third kappa shape index (κ3) is 3.25. The van der Waals surface area contributed by atoms with Crippen molar-refractivity contribution < 1.29 is 14.8 Å². The van der Waals surface area contributed by atoms with Crippen LogP contribution >= 0.6 is 0 Å². The summed E-state index contributed by atoms with van der Waals surface area (Å²) in [6.07, 6.45) is 0. The fraction of sp³-hybridized carbons (Fsp3) is 0.364. The summed E-state index contributed by atoms with van der Waals surface area (Å²) < 4.78 is 0. The molecule has 1 amide bonds. The monoisotopic (exact) mass is 238 g/mol. The Labute approximate surface area is 98.4 Å². The van der Waals surface area contributed by atoms with Crippen LogP contribution in [0.2, 0.25) is 0 Å². The Morgan fingerprint density at radius 2 is 2.24 bits per heavy atom. The number of nitrogens with one attached hydrogen (secondary N) is 1. The molecule has 0 heterocycles. The highest BCUT2D eigenvalue weighted by Crippen LogP contribution is 2.18. The van der Waals surface area contributed by atoms with Crippen molar-refractivity contribution in [2.45, 2.75) is 19.9 Å². The second-order valence-corrected chi connectivity index (χ2v) is 3.82. The van der Waals surface area contributed by atoms with Crippen LogP contribution in [0, 0.1) is 17.0 Å². The molecule has 1 atom stereocenters. The molecule has 0 saturated carbocycles. The minimum atomic E-state index is -0.493. The summed E-state index contributed by atoms with van der Waals surface area (Å²) in [5.74, 6) is -0.357. The largest absolute Gasteiger partial charge is 0.394 e. The summed E-state index contributed by atoms with van der Waals surface area (Å²) in [6, 6.07) is 3.80. The third-order valence-electron chi connectivity index (χ3n) is 2.31. The molecular formula is C11H14N2O4. The van der Waals surface area contributed by atoms with Gasteiger partial charge in [0.05, 0.1) is 11.5 Å². The number of nitro benzene ring substituents is 1. The maximum absolute atomic E-state index is 11.7. The van der Waals surface area contributed by atoms with Gasteiger partial charge in [0.2, 0.25) is 0 Å². The van der Waals surface area contributed by atoms with Crippen LogP contribution in [0.15, 0.2) is 18.2 Å². The van der Waals surface area contributed by atoms with E-state index in [0.29, 0.717) is 11.1 Å². The van der Waals surface area contributed by atoms with E-state index in [1.807, 2.05) is 0 Å². The van der Waals surface area contributed by atoms with Crippen LogP contribution in [0.5, 0.6) is 0 Å². The van der Waals surface area contributed by atoms with E-state index >= 15 is 0 Å². The highest BCUT2D eigenvalue weighted by Gasteiger charge is 2.14. The molecule has 0 saturated heterocycles. The first-order valence-electron chi connectivity index (χ1n) is 5.12. The highest BCUT2D eigenvalue weighted by atomic mass is 16.6. The molecule has 0 fully saturated rings. The topological polar surface area (TPSA) is 92.5 Å². The van der Waals surface area contributed by atoms with Crippen LogP contribution in [0.25, 0.3) is 0 Å². The van der Waals surface area contributed by atoms with Gasteiger partial charge in [-0.25, -0.2) is 0 Å². The lowest BCUT2D eigenvalue weighted by molar-refractivity contribution is -0.385. The fourth-order valence-corrected chi connectivity index (χ4v) is 1.35. The molecule has 6 nitrogen and oxygen atoms in total. The van der Waals surface area contributed by atoms with Gasteiger partial charge < -0.3 is 10.4 Å². The van der Waals surface area contributed by atoms with Crippen LogP contribution in [0.4, 0.5) is 5.69 Å².